The number of halogens is 2. The zero-order valence-electron chi connectivity index (χ0n) is 11.1. The molecule has 0 heterocycles. The molecule has 0 aliphatic carbocycles. The maximum Gasteiger partial charge on any atom is 0.181 e. The second-order valence-electron chi connectivity index (χ2n) is 4.56. The van der Waals surface area contributed by atoms with Crippen molar-refractivity contribution < 1.29 is 8.78 Å². The van der Waals surface area contributed by atoms with E-state index in [0.29, 0.717) is 0 Å². The molecular weight excluding hydrogens is 244 g/mol. The Morgan fingerprint density at radius 2 is 1.74 bits per heavy atom. The average molecular weight is 261 g/mol. The minimum absolute atomic E-state index is 0.0813. The first-order valence-electron chi connectivity index (χ1n) is 6.41. The molecule has 0 fully saturated rings. The molecule has 0 aliphatic heterocycles. The Bertz CT molecular complexity index is 549. The van der Waals surface area contributed by atoms with E-state index in [2.05, 4.69) is 24.4 Å². The highest BCUT2D eigenvalue weighted by Crippen LogP contribution is 2.23. The Morgan fingerprint density at radius 3 is 2.37 bits per heavy atom. The summed E-state index contributed by atoms with van der Waals surface area (Å²) in [5.41, 5.74) is 2.49. The lowest BCUT2D eigenvalue weighted by molar-refractivity contribution is 0.510. The SMILES string of the molecule is CCc1ccc(C(C)Nc2cccc(F)c2F)cc1. The van der Waals surface area contributed by atoms with Crippen LogP contribution in [0.3, 0.4) is 0 Å². The largest absolute Gasteiger partial charge is 0.376 e. The van der Waals surface area contributed by atoms with Crippen molar-refractivity contribution >= 4 is 5.69 Å². The third-order valence-corrected chi connectivity index (χ3v) is 3.21. The summed E-state index contributed by atoms with van der Waals surface area (Å²) in [5, 5.41) is 2.99. The molecule has 0 radical (unpaired) electrons. The van der Waals surface area contributed by atoms with E-state index in [1.165, 1.54) is 17.7 Å². The van der Waals surface area contributed by atoms with Gasteiger partial charge in [-0.1, -0.05) is 37.3 Å². The number of aryl methyl sites for hydroxylation is 1. The van der Waals surface area contributed by atoms with Crippen LogP contribution in [-0.4, -0.2) is 0 Å². The fourth-order valence-electron chi connectivity index (χ4n) is 1.97. The van der Waals surface area contributed by atoms with Crippen LogP contribution in [0.4, 0.5) is 14.5 Å². The van der Waals surface area contributed by atoms with Crippen molar-refractivity contribution in [3.05, 3.63) is 65.2 Å². The molecule has 3 heteroatoms. The predicted molar refractivity (Wildman–Crippen MR) is 74.2 cm³/mol. The number of anilines is 1. The standard InChI is InChI=1S/C16H17F2N/c1-3-12-7-9-13(10-8-12)11(2)19-15-6-4-5-14(17)16(15)18/h4-11,19H,3H2,1-2H3. The minimum atomic E-state index is -0.835. The molecular formula is C16H17F2N. The van der Waals surface area contributed by atoms with Gasteiger partial charge in [-0.25, -0.2) is 8.78 Å². The lowest BCUT2D eigenvalue weighted by atomic mass is 10.0. The van der Waals surface area contributed by atoms with E-state index in [4.69, 9.17) is 0 Å². The summed E-state index contributed by atoms with van der Waals surface area (Å²) >= 11 is 0. The summed E-state index contributed by atoms with van der Waals surface area (Å²) in [6.07, 6.45) is 0.987. The van der Waals surface area contributed by atoms with Gasteiger partial charge in [-0.05, 0) is 36.6 Å². The Kier molecular flexibility index (Phi) is 4.15. The van der Waals surface area contributed by atoms with Gasteiger partial charge in [0.05, 0.1) is 5.69 Å². The van der Waals surface area contributed by atoms with Crippen LogP contribution in [0.25, 0.3) is 0 Å². The van der Waals surface area contributed by atoms with Crippen LogP contribution in [0.15, 0.2) is 42.5 Å². The number of nitrogens with one attached hydrogen (secondary N) is 1. The lowest BCUT2D eigenvalue weighted by Crippen LogP contribution is -2.08. The van der Waals surface area contributed by atoms with Crippen LogP contribution in [-0.2, 0) is 6.42 Å². The van der Waals surface area contributed by atoms with Crippen LogP contribution in [0.1, 0.15) is 31.0 Å². The van der Waals surface area contributed by atoms with E-state index < -0.39 is 11.6 Å². The third-order valence-electron chi connectivity index (χ3n) is 3.21. The maximum absolute atomic E-state index is 13.6. The lowest BCUT2D eigenvalue weighted by Gasteiger charge is -2.16. The molecule has 1 N–H and O–H groups in total. The van der Waals surface area contributed by atoms with E-state index >= 15 is 0 Å². The van der Waals surface area contributed by atoms with Crippen LogP contribution in [0.2, 0.25) is 0 Å². The molecule has 1 atom stereocenters. The van der Waals surface area contributed by atoms with Crippen molar-refractivity contribution in [2.45, 2.75) is 26.3 Å². The smallest absolute Gasteiger partial charge is 0.181 e. The van der Waals surface area contributed by atoms with Crippen molar-refractivity contribution in [2.75, 3.05) is 5.32 Å². The monoisotopic (exact) mass is 261 g/mol. The summed E-state index contributed by atoms with van der Waals surface area (Å²) in [7, 11) is 0. The molecule has 19 heavy (non-hydrogen) atoms. The molecule has 2 rings (SSSR count). The number of rotatable bonds is 4. The molecule has 0 spiro atoms. The predicted octanol–water partition coefficient (Wildman–Crippen LogP) is 4.70. The van der Waals surface area contributed by atoms with Gasteiger partial charge < -0.3 is 5.32 Å². The van der Waals surface area contributed by atoms with E-state index in [9.17, 15) is 8.78 Å². The number of benzene rings is 2. The summed E-state index contributed by atoms with van der Waals surface area (Å²) in [5.74, 6) is -1.67. The van der Waals surface area contributed by atoms with Crippen LogP contribution in [0, 0.1) is 11.6 Å². The molecule has 1 nitrogen and oxygen atoms in total. The molecule has 1 unspecified atom stereocenters. The Morgan fingerprint density at radius 1 is 1.05 bits per heavy atom. The van der Waals surface area contributed by atoms with Crippen molar-refractivity contribution in [1.29, 1.82) is 0 Å². The third kappa shape index (κ3) is 3.11. The number of hydrogen-bond acceptors (Lipinski definition) is 1. The van der Waals surface area contributed by atoms with Gasteiger partial charge in [0, 0.05) is 6.04 Å². The van der Waals surface area contributed by atoms with Crippen molar-refractivity contribution in [2.24, 2.45) is 0 Å². The van der Waals surface area contributed by atoms with E-state index in [1.54, 1.807) is 0 Å². The fraction of sp³-hybridized carbons (Fsp3) is 0.250. The number of hydrogen-bond donors (Lipinski definition) is 1. The Labute approximate surface area is 112 Å². The van der Waals surface area contributed by atoms with E-state index in [-0.39, 0.29) is 11.7 Å². The average Bonchev–Trinajstić information content (AvgIpc) is 2.44. The van der Waals surface area contributed by atoms with Gasteiger partial charge in [0.15, 0.2) is 11.6 Å². The Hall–Kier alpha value is -1.90. The van der Waals surface area contributed by atoms with Gasteiger partial charge >= 0.3 is 0 Å². The molecule has 100 valence electrons. The molecule has 2 aromatic carbocycles. The van der Waals surface area contributed by atoms with Crippen LogP contribution < -0.4 is 5.32 Å². The molecule has 0 amide bonds. The van der Waals surface area contributed by atoms with Crippen LogP contribution in [0.5, 0.6) is 0 Å². The van der Waals surface area contributed by atoms with Crippen molar-refractivity contribution in [3.63, 3.8) is 0 Å². The summed E-state index contributed by atoms with van der Waals surface area (Å²) in [6, 6.07) is 12.2. The van der Waals surface area contributed by atoms with Crippen LogP contribution >= 0.6 is 0 Å². The first-order chi connectivity index (χ1) is 9.11. The van der Waals surface area contributed by atoms with Gasteiger partial charge in [0.2, 0.25) is 0 Å². The van der Waals surface area contributed by atoms with Crippen molar-refractivity contribution in [3.8, 4) is 0 Å². The highest BCUT2D eigenvalue weighted by Gasteiger charge is 2.11. The summed E-state index contributed by atoms with van der Waals surface area (Å²) in [4.78, 5) is 0. The summed E-state index contributed by atoms with van der Waals surface area (Å²) < 4.78 is 26.7. The zero-order chi connectivity index (χ0) is 13.8. The first kappa shape index (κ1) is 13.5. The molecule has 0 aromatic heterocycles. The van der Waals surface area contributed by atoms with Gasteiger partial charge in [-0.2, -0.15) is 0 Å². The second kappa shape index (κ2) is 5.83. The van der Waals surface area contributed by atoms with Gasteiger partial charge in [0.1, 0.15) is 0 Å². The molecule has 0 saturated heterocycles. The molecule has 0 aliphatic rings. The normalized spacial score (nSPS) is 12.2. The molecule has 2 aromatic rings. The van der Waals surface area contributed by atoms with Gasteiger partial charge in [-0.15, -0.1) is 0 Å². The Balaban J connectivity index is 2.15. The molecule has 0 bridgehead atoms. The molecule has 0 saturated carbocycles. The van der Waals surface area contributed by atoms with E-state index in [1.807, 2.05) is 19.1 Å². The highest BCUT2D eigenvalue weighted by atomic mass is 19.2. The van der Waals surface area contributed by atoms with Crippen molar-refractivity contribution in [1.82, 2.24) is 0 Å². The van der Waals surface area contributed by atoms with Gasteiger partial charge in [-0.3, -0.25) is 0 Å². The first-order valence-corrected chi connectivity index (χ1v) is 6.41. The fourth-order valence-corrected chi connectivity index (χ4v) is 1.97. The quantitative estimate of drug-likeness (QED) is 0.841. The van der Waals surface area contributed by atoms with Gasteiger partial charge in [0.25, 0.3) is 0 Å². The van der Waals surface area contributed by atoms with E-state index in [0.717, 1.165) is 18.1 Å². The topological polar surface area (TPSA) is 12.0 Å². The summed E-state index contributed by atoms with van der Waals surface area (Å²) in [6.45, 7) is 4.02. The zero-order valence-corrected chi connectivity index (χ0v) is 11.1. The minimum Gasteiger partial charge on any atom is -0.376 e. The highest BCUT2D eigenvalue weighted by molar-refractivity contribution is 5.47. The second-order valence-corrected chi connectivity index (χ2v) is 4.56. The maximum atomic E-state index is 13.6.